The quantitative estimate of drug-likeness (QED) is 0.683. The molecule has 1 saturated heterocycles. The number of aromatic nitrogens is 2. The first-order valence-electron chi connectivity index (χ1n) is 9.20. The van der Waals surface area contributed by atoms with E-state index in [2.05, 4.69) is 40.8 Å². The first-order chi connectivity index (χ1) is 12.7. The summed E-state index contributed by atoms with van der Waals surface area (Å²) in [6, 6.07) is 16.0. The molecular weight excluding hydrogens is 346 g/mol. The summed E-state index contributed by atoms with van der Waals surface area (Å²) in [6.07, 6.45) is 0. The number of rotatable bonds is 5. The third-order valence-electron chi connectivity index (χ3n) is 5.93. The highest BCUT2D eigenvalue weighted by atomic mass is 35.5. The largest absolute Gasteiger partial charge is 0.493 e. The molecule has 1 aromatic heterocycles. The molecular formula is C21H22ClN3O. The molecule has 0 spiro atoms. The van der Waals surface area contributed by atoms with Crippen molar-refractivity contribution >= 4 is 22.6 Å². The minimum Gasteiger partial charge on any atom is -0.493 e. The van der Waals surface area contributed by atoms with Crippen LogP contribution < -0.4 is 4.74 Å². The maximum Gasteiger partial charge on any atom is 0.123 e. The van der Waals surface area contributed by atoms with Gasteiger partial charge in [-0.25, -0.2) is 4.98 Å². The fraction of sp³-hybridized carbons (Fsp3) is 0.381. The molecule has 4 nitrogen and oxygen atoms in total. The van der Waals surface area contributed by atoms with Crippen LogP contribution in [0.2, 0.25) is 5.02 Å². The van der Waals surface area contributed by atoms with Gasteiger partial charge in [-0.1, -0.05) is 29.8 Å². The van der Waals surface area contributed by atoms with Gasteiger partial charge in [-0.15, -0.1) is 0 Å². The van der Waals surface area contributed by atoms with Crippen molar-refractivity contribution in [1.82, 2.24) is 14.5 Å². The van der Waals surface area contributed by atoms with Crippen LogP contribution in [0, 0.1) is 17.8 Å². The predicted octanol–water partition coefficient (Wildman–Crippen LogP) is 3.98. The number of imidazole rings is 1. The number of likely N-dealkylation sites (tertiary alicyclic amines) is 1. The molecule has 0 radical (unpaired) electrons. The number of aryl methyl sites for hydroxylation is 1. The van der Waals surface area contributed by atoms with Gasteiger partial charge in [0.25, 0.3) is 0 Å². The molecule has 134 valence electrons. The van der Waals surface area contributed by atoms with E-state index in [1.807, 2.05) is 24.3 Å². The van der Waals surface area contributed by atoms with Gasteiger partial charge in [0.2, 0.25) is 0 Å². The normalized spacial score (nSPS) is 24.8. The summed E-state index contributed by atoms with van der Waals surface area (Å²) in [7, 11) is 2.11. The van der Waals surface area contributed by atoms with Crippen LogP contribution in [-0.4, -0.2) is 34.1 Å². The van der Waals surface area contributed by atoms with Crippen molar-refractivity contribution in [3.8, 4) is 5.75 Å². The summed E-state index contributed by atoms with van der Waals surface area (Å²) in [4.78, 5) is 7.34. The zero-order chi connectivity index (χ0) is 17.7. The van der Waals surface area contributed by atoms with Crippen molar-refractivity contribution in [1.29, 1.82) is 0 Å². The topological polar surface area (TPSA) is 30.3 Å². The maximum atomic E-state index is 6.02. The van der Waals surface area contributed by atoms with Crippen LogP contribution in [0.25, 0.3) is 11.0 Å². The van der Waals surface area contributed by atoms with Crippen molar-refractivity contribution in [3.05, 3.63) is 59.4 Å². The second-order valence-corrected chi connectivity index (χ2v) is 7.97. The Kier molecular flexibility index (Phi) is 3.91. The number of ether oxygens (including phenoxy) is 1. The highest BCUT2D eigenvalue weighted by molar-refractivity contribution is 6.30. The highest BCUT2D eigenvalue weighted by Crippen LogP contribution is 2.52. The zero-order valence-corrected chi connectivity index (χ0v) is 15.6. The Morgan fingerprint density at radius 1 is 1.12 bits per heavy atom. The molecule has 2 aliphatic rings. The summed E-state index contributed by atoms with van der Waals surface area (Å²) >= 11 is 6.02. The number of para-hydroxylation sites is 2. The molecule has 0 bridgehead atoms. The van der Waals surface area contributed by atoms with E-state index in [0.717, 1.165) is 60.2 Å². The molecule has 0 amide bonds. The Labute approximate surface area is 158 Å². The molecule has 1 unspecified atom stereocenters. The number of nitrogens with zero attached hydrogens (tertiary/aromatic N) is 3. The summed E-state index contributed by atoms with van der Waals surface area (Å²) in [6.45, 7) is 4.03. The molecule has 5 rings (SSSR count). The molecule has 0 N–H and O–H groups in total. The van der Waals surface area contributed by atoms with Crippen LogP contribution in [0.1, 0.15) is 5.82 Å². The standard InChI is InChI=1S/C21H22ClN3O/c1-24-20-8-3-2-7-19(20)23-21(24)12-25-10-16-17(11-25)18(16)13-26-15-6-4-5-14(22)9-15/h2-9,16-18H,10-13H2,1H3/t16-,17+,18?. The van der Waals surface area contributed by atoms with Crippen LogP contribution >= 0.6 is 11.6 Å². The Bertz CT molecular complexity index is 941. The second-order valence-electron chi connectivity index (χ2n) is 7.53. The number of piperidine rings is 1. The van der Waals surface area contributed by atoms with Gasteiger partial charge in [-0.05, 0) is 42.2 Å². The number of hydrogen-bond donors (Lipinski definition) is 0. The van der Waals surface area contributed by atoms with Crippen molar-refractivity contribution in [3.63, 3.8) is 0 Å². The van der Waals surface area contributed by atoms with Gasteiger partial charge in [0, 0.05) is 31.1 Å². The molecule has 1 aliphatic heterocycles. The van der Waals surface area contributed by atoms with Crippen molar-refractivity contribution in [2.24, 2.45) is 24.8 Å². The summed E-state index contributed by atoms with van der Waals surface area (Å²) in [5, 5.41) is 0.729. The molecule has 1 saturated carbocycles. The Balaban J connectivity index is 1.17. The van der Waals surface area contributed by atoms with E-state index in [0.29, 0.717) is 5.92 Å². The lowest BCUT2D eigenvalue weighted by Crippen LogP contribution is -2.26. The van der Waals surface area contributed by atoms with E-state index in [9.17, 15) is 0 Å². The van der Waals surface area contributed by atoms with Crippen LogP contribution in [0.3, 0.4) is 0 Å². The molecule has 3 atom stereocenters. The van der Waals surface area contributed by atoms with Gasteiger partial charge in [-0.3, -0.25) is 4.90 Å². The Morgan fingerprint density at radius 2 is 1.92 bits per heavy atom. The molecule has 1 aliphatic carbocycles. The fourth-order valence-electron chi connectivity index (χ4n) is 4.40. The second kappa shape index (κ2) is 6.29. The van der Waals surface area contributed by atoms with Crippen molar-refractivity contribution < 1.29 is 4.74 Å². The van der Waals surface area contributed by atoms with Gasteiger partial charge in [0.1, 0.15) is 11.6 Å². The average molecular weight is 368 g/mol. The molecule has 2 fully saturated rings. The first kappa shape index (κ1) is 16.2. The van der Waals surface area contributed by atoms with E-state index in [1.54, 1.807) is 0 Å². The van der Waals surface area contributed by atoms with E-state index in [4.69, 9.17) is 21.3 Å². The van der Waals surface area contributed by atoms with Gasteiger partial charge in [0.05, 0.1) is 24.2 Å². The number of fused-ring (bicyclic) bond motifs is 2. The van der Waals surface area contributed by atoms with Gasteiger partial charge in [-0.2, -0.15) is 0 Å². The third kappa shape index (κ3) is 2.87. The van der Waals surface area contributed by atoms with Crippen LogP contribution in [0.5, 0.6) is 5.75 Å². The first-order valence-corrected chi connectivity index (χ1v) is 9.58. The van der Waals surface area contributed by atoms with Crippen molar-refractivity contribution in [2.75, 3.05) is 19.7 Å². The lowest BCUT2D eigenvalue weighted by molar-refractivity contribution is 0.226. The SMILES string of the molecule is Cn1c(CN2C[C@@H]3C(COc4cccc(Cl)c4)[C@@H]3C2)nc2ccccc21. The predicted molar refractivity (Wildman–Crippen MR) is 103 cm³/mol. The minimum absolute atomic E-state index is 0.686. The third-order valence-corrected chi connectivity index (χ3v) is 6.17. The zero-order valence-electron chi connectivity index (χ0n) is 14.8. The van der Waals surface area contributed by atoms with Gasteiger partial charge < -0.3 is 9.30 Å². The van der Waals surface area contributed by atoms with Gasteiger partial charge >= 0.3 is 0 Å². The minimum atomic E-state index is 0.686. The van der Waals surface area contributed by atoms with Gasteiger partial charge in [0.15, 0.2) is 0 Å². The van der Waals surface area contributed by atoms with Crippen molar-refractivity contribution in [2.45, 2.75) is 6.54 Å². The maximum absolute atomic E-state index is 6.02. The molecule has 2 aromatic carbocycles. The summed E-state index contributed by atoms with van der Waals surface area (Å²) < 4.78 is 8.16. The van der Waals surface area contributed by atoms with Crippen LogP contribution in [0.15, 0.2) is 48.5 Å². The van der Waals surface area contributed by atoms with Crippen LogP contribution in [-0.2, 0) is 13.6 Å². The Hall–Kier alpha value is -2.04. The summed E-state index contributed by atoms with van der Waals surface area (Å²) in [5.41, 5.74) is 2.29. The lowest BCUT2D eigenvalue weighted by atomic mass is 10.2. The number of halogens is 1. The van der Waals surface area contributed by atoms with E-state index < -0.39 is 0 Å². The Morgan fingerprint density at radius 3 is 2.69 bits per heavy atom. The molecule has 26 heavy (non-hydrogen) atoms. The average Bonchev–Trinajstić information content (AvgIpc) is 2.96. The monoisotopic (exact) mass is 367 g/mol. The van der Waals surface area contributed by atoms with Crippen LogP contribution in [0.4, 0.5) is 0 Å². The smallest absolute Gasteiger partial charge is 0.123 e. The lowest BCUT2D eigenvalue weighted by Gasteiger charge is -2.19. The van der Waals surface area contributed by atoms with E-state index in [1.165, 1.54) is 5.52 Å². The number of hydrogen-bond acceptors (Lipinski definition) is 3. The van der Waals surface area contributed by atoms with E-state index >= 15 is 0 Å². The number of benzene rings is 2. The molecule has 3 aromatic rings. The molecule has 5 heteroatoms. The molecule has 2 heterocycles. The van der Waals surface area contributed by atoms with E-state index in [-0.39, 0.29) is 0 Å². The highest BCUT2D eigenvalue weighted by Gasteiger charge is 2.55. The fourth-order valence-corrected chi connectivity index (χ4v) is 4.58. The summed E-state index contributed by atoms with van der Waals surface area (Å²) in [5.74, 6) is 4.25.